The zero-order valence-electron chi connectivity index (χ0n) is 19.8. The molecule has 0 amide bonds. The highest BCUT2D eigenvalue weighted by Gasteiger charge is 2.31. The second kappa shape index (κ2) is 12.3. The number of benzene rings is 1. The molecule has 35 heavy (non-hydrogen) atoms. The number of rotatable bonds is 11. The van der Waals surface area contributed by atoms with E-state index in [0.717, 1.165) is 47.7 Å². The number of carboxylic acid groups (broad SMARTS) is 1. The molecule has 7 nitrogen and oxygen atoms in total. The van der Waals surface area contributed by atoms with E-state index in [1.54, 1.807) is 43.7 Å². The average Bonchev–Trinajstić information content (AvgIpc) is 2.87. The minimum Gasteiger partial charge on any atom is -0.497 e. The van der Waals surface area contributed by atoms with Crippen molar-refractivity contribution in [1.29, 1.82) is 0 Å². The van der Waals surface area contributed by atoms with Crippen molar-refractivity contribution in [2.24, 2.45) is 11.8 Å². The Kier molecular flexibility index (Phi) is 8.87. The summed E-state index contributed by atoms with van der Waals surface area (Å²) in [6.07, 6.45) is 5.80. The molecule has 1 aromatic carbocycles. The Bertz CT molecular complexity index is 1120. The molecule has 9 heteroatoms. The zero-order chi connectivity index (χ0) is 24.6. The van der Waals surface area contributed by atoms with Crippen LogP contribution < -0.4 is 4.74 Å². The number of halogens is 1. The molecule has 1 aliphatic rings. The monoisotopic (exact) mass is 498 g/mol. The van der Waals surface area contributed by atoms with Crippen molar-refractivity contribution in [2.75, 3.05) is 32.5 Å². The molecule has 3 atom stereocenters. The van der Waals surface area contributed by atoms with Gasteiger partial charge in [0, 0.05) is 43.0 Å². The summed E-state index contributed by atoms with van der Waals surface area (Å²) in [5.74, 6) is 0.976. The van der Waals surface area contributed by atoms with Gasteiger partial charge in [0.05, 0.1) is 17.7 Å². The smallest absolute Gasteiger partial charge is 0.303 e. The predicted molar refractivity (Wildman–Crippen MR) is 134 cm³/mol. The Labute approximate surface area is 209 Å². The number of carboxylic acids is 1. The second-order valence-electron chi connectivity index (χ2n) is 8.93. The molecule has 0 saturated carbocycles. The van der Waals surface area contributed by atoms with Crippen molar-refractivity contribution in [3.05, 3.63) is 54.6 Å². The summed E-state index contributed by atoms with van der Waals surface area (Å²) in [6.45, 7) is 2.50. The summed E-state index contributed by atoms with van der Waals surface area (Å²) in [7, 11) is 1.59. The summed E-state index contributed by atoms with van der Waals surface area (Å²) in [4.78, 5) is 26.4. The summed E-state index contributed by atoms with van der Waals surface area (Å²) >= 11 is 1.67. The second-order valence-corrected chi connectivity index (χ2v) is 10.0. The number of nitrogens with zero attached hydrogens (tertiary/aromatic N) is 4. The molecule has 1 N–H and O–H groups in total. The molecular formula is C26H31FN4O3S. The van der Waals surface area contributed by atoms with Gasteiger partial charge >= 0.3 is 5.97 Å². The topological polar surface area (TPSA) is 88.4 Å². The Balaban J connectivity index is 1.35. The fourth-order valence-electron chi connectivity index (χ4n) is 4.90. The van der Waals surface area contributed by atoms with Gasteiger partial charge in [-0.3, -0.25) is 9.78 Å². The van der Waals surface area contributed by atoms with Crippen LogP contribution in [0, 0.1) is 11.8 Å². The number of thioether (sulfide) groups is 1. The number of hydrogen-bond acceptors (Lipinski definition) is 7. The van der Waals surface area contributed by atoms with E-state index in [4.69, 9.17) is 4.74 Å². The zero-order valence-corrected chi connectivity index (χ0v) is 20.7. The Morgan fingerprint density at radius 3 is 2.91 bits per heavy atom. The van der Waals surface area contributed by atoms with Crippen LogP contribution in [0.2, 0.25) is 0 Å². The lowest BCUT2D eigenvalue weighted by Crippen LogP contribution is -2.42. The maximum atomic E-state index is 15.4. The van der Waals surface area contributed by atoms with E-state index in [1.165, 1.54) is 0 Å². The Morgan fingerprint density at radius 1 is 1.26 bits per heavy atom. The Morgan fingerprint density at radius 2 is 2.14 bits per heavy atom. The maximum absolute atomic E-state index is 15.4. The maximum Gasteiger partial charge on any atom is 0.303 e. The third-order valence-corrected chi connectivity index (χ3v) is 7.66. The summed E-state index contributed by atoms with van der Waals surface area (Å²) in [5, 5.41) is 11.2. The van der Waals surface area contributed by atoms with Gasteiger partial charge in [-0.1, -0.05) is 0 Å². The number of carbonyl (C=O) groups is 1. The van der Waals surface area contributed by atoms with Crippen molar-refractivity contribution < 1.29 is 19.0 Å². The lowest BCUT2D eigenvalue weighted by atomic mass is 9.79. The van der Waals surface area contributed by atoms with Crippen molar-refractivity contribution in [3.63, 3.8) is 0 Å². The molecule has 186 valence electrons. The first-order valence-electron chi connectivity index (χ1n) is 11.9. The van der Waals surface area contributed by atoms with E-state index >= 15 is 4.39 Å². The van der Waals surface area contributed by atoms with Crippen LogP contribution in [0.4, 0.5) is 4.39 Å². The van der Waals surface area contributed by atoms with E-state index in [2.05, 4.69) is 19.9 Å². The van der Waals surface area contributed by atoms with Crippen molar-refractivity contribution in [2.45, 2.75) is 36.9 Å². The molecule has 4 rings (SSSR count). The molecule has 1 fully saturated rings. The molecule has 3 heterocycles. The molecular weight excluding hydrogens is 467 g/mol. The quantitative estimate of drug-likeness (QED) is 0.291. The van der Waals surface area contributed by atoms with Crippen LogP contribution in [0.25, 0.3) is 10.9 Å². The van der Waals surface area contributed by atoms with Crippen molar-refractivity contribution in [3.8, 4) is 5.75 Å². The van der Waals surface area contributed by atoms with Crippen LogP contribution in [0.1, 0.15) is 37.4 Å². The lowest BCUT2D eigenvalue weighted by Gasteiger charge is -2.38. The van der Waals surface area contributed by atoms with Gasteiger partial charge in [-0.2, -0.15) is 0 Å². The molecule has 2 aromatic heterocycles. The lowest BCUT2D eigenvalue weighted by molar-refractivity contribution is -0.139. The number of aromatic nitrogens is 3. The van der Waals surface area contributed by atoms with Gasteiger partial charge in [-0.25, -0.2) is 14.4 Å². The molecule has 3 aromatic rings. The van der Waals surface area contributed by atoms with Gasteiger partial charge in [0.1, 0.15) is 18.2 Å². The summed E-state index contributed by atoms with van der Waals surface area (Å²) in [6, 6.07) is 9.11. The highest BCUT2D eigenvalue weighted by atomic mass is 32.2. The van der Waals surface area contributed by atoms with Crippen LogP contribution in [0.5, 0.6) is 5.75 Å². The molecule has 0 radical (unpaired) electrons. The van der Waals surface area contributed by atoms with Gasteiger partial charge in [-0.05, 0) is 73.5 Å². The van der Waals surface area contributed by atoms with Crippen molar-refractivity contribution >= 4 is 28.6 Å². The fourth-order valence-corrected chi connectivity index (χ4v) is 5.74. The van der Waals surface area contributed by atoms with Crippen LogP contribution in [0.3, 0.4) is 0 Å². The van der Waals surface area contributed by atoms with Crippen LogP contribution in [0.15, 0.2) is 54.1 Å². The number of methoxy groups -OCH3 is 1. The molecule has 1 aliphatic heterocycles. The van der Waals surface area contributed by atoms with Gasteiger partial charge < -0.3 is 14.7 Å². The number of alkyl halides is 1. The van der Waals surface area contributed by atoms with E-state index in [1.807, 2.05) is 24.3 Å². The van der Waals surface area contributed by atoms with Crippen molar-refractivity contribution in [1.82, 2.24) is 19.9 Å². The SMILES string of the molecule is COc1ccc2nccc(C(F)CC[C@@H]3CCN(CCSc4ccncn4)C[C@@H]3CC(=O)O)c2c1. The molecule has 0 bridgehead atoms. The number of piperidine rings is 1. The van der Waals surface area contributed by atoms with E-state index in [9.17, 15) is 9.90 Å². The summed E-state index contributed by atoms with van der Waals surface area (Å²) < 4.78 is 20.7. The number of aliphatic carboxylic acids is 1. The summed E-state index contributed by atoms with van der Waals surface area (Å²) in [5.41, 5.74) is 1.35. The minimum atomic E-state index is -1.14. The molecule has 1 unspecified atom stereocenters. The standard InChI is InChI=1S/C26H31FN4O3S/c1-34-20-3-5-24-22(15-20)21(6-10-29-24)23(27)4-2-18-8-11-31(16-19(18)14-26(32)33)12-13-35-25-7-9-28-17-30-25/h3,5-7,9-10,15,17-19,23H,2,4,8,11-14,16H2,1H3,(H,32,33)/t18-,19+,23?/m1/s1. The number of hydrogen-bond donors (Lipinski definition) is 1. The van der Waals surface area contributed by atoms with Gasteiger partial charge in [0.25, 0.3) is 0 Å². The third-order valence-electron chi connectivity index (χ3n) is 6.74. The van der Waals surface area contributed by atoms with E-state index < -0.39 is 12.1 Å². The number of ether oxygens (including phenoxy) is 1. The molecule has 0 spiro atoms. The Hall–Kier alpha value is -2.78. The average molecular weight is 499 g/mol. The van der Waals surface area contributed by atoms with Crippen LogP contribution in [-0.2, 0) is 4.79 Å². The van der Waals surface area contributed by atoms with Gasteiger partial charge in [0.15, 0.2) is 0 Å². The first kappa shape index (κ1) is 25.3. The number of pyridine rings is 1. The predicted octanol–water partition coefficient (Wildman–Crippen LogP) is 5.03. The minimum absolute atomic E-state index is 0.0202. The first-order valence-corrected chi connectivity index (χ1v) is 12.9. The van der Waals surface area contributed by atoms with Gasteiger partial charge in [-0.15, -0.1) is 11.8 Å². The first-order chi connectivity index (χ1) is 17.0. The van der Waals surface area contributed by atoms with E-state index in [0.29, 0.717) is 24.2 Å². The normalized spacial score (nSPS) is 19.5. The van der Waals surface area contributed by atoms with Crippen LogP contribution in [-0.4, -0.2) is 63.4 Å². The number of likely N-dealkylation sites (tertiary alicyclic amines) is 1. The largest absolute Gasteiger partial charge is 0.497 e. The molecule has 1 saturated heterocycles. The van der Waals surface area contributed by atoms with Crippen LogP contribution >= 0.6 is 11.8 Å². The molecule has 0 aliphatic carbocycles. The highest BCUT2D eigenvalue weighted by Crippen LogP contribution is 2.36. The van der Waals surface area contributed by atoms with E-state index in [-0.39, 0.29) is 18.3 Å². The van der Waals surface area contributed by atoms with Gasteiger partial charge in [0.2, 0.25) is 0 Å². The number of fused-ring (bicyclic) bond motifs is 1. The third kappa shape index (κ3) is 6.89. The highest BCUT2D eigenvalue weighted by molar-refractivity contribution is 7.99. The fraction of sp³-hybridized carbons (Fsp3) is 0.462.